The lowest BCUT2D eigenvalue weighted by Crippen LogP contribution is -2.40. The van der Waals surface area contributed by atoms with Gasteiger partial charge in [0.25, 0.3) is 11.8 Å². The Morgan fingerprint density at radius 2 is 1.86 bits per heavy atom. The molecule has 1 aromatic heterocycles. The highest BCUT2D eigenvalue weighted by Crippen LogP contribution is 2.32. The molecule has 0 radical (unpaired) electrons. The zero-order valence-corrected chi connectivity index (χ0v) is 15.5. The summed E-state index contributed by atoms with van der Waals surface area (Å²) in [6, 6.07) is 10.6. The molecule has 1 saturated heterocycles. The fourth-order valence-electron chi connectivity index (χ4n) is 3.08. The van der Waals surface area contributed by atoms with Crippen LogP contribution in [0.3, 0.4) is 0 Å². The van der Waals surface area contributed by atoms with Gasteiger partial charge in [-0.05, 0) is 30.3 Å². The van der Waals surface area contributed by atoms with Gasteiger partial charge < -0.3 is 19.4 Å². The van der Waals surface area contributed by atoms with Crippen molar-refractivity contribution < 1.29 is 23.1 Å². The second-order valence-corrected chi connectivity index (χ2v) is 6.72. The molecule has 1 N–H and O–H groups in total. The fourth-order valence-corrected chi connectivity index (χ4v) is 3.25. The maximum atomic E-state index is 14.1. The fraction of sp³-hybridized carbons (Fsp3) is 0.200. The van der Waals surface area contributed by atoms with Crippen LogP contribution in [0.1, 0.15) is 20.9 Å². The number of halogens is 2. The number of carbonyl (C=O) groups excluding carboxylic acids is 2. The minimum absolute atomic E-state index is 0.00103. The zero-order valence-electron chi connectivity index (χ0n) is 14.7. The van der Waals surface area contributed by atoms with Gasteiger partial charge >= 0.3 is 0 Å². The Morgan fingerprint density at radius 1 is 1.11 bits per heavy atom. The van der Waals surface area contributed by atoms with Crippen LogP contribution in [-0.2, 0) is 4.74 Å². The number of nitrogens with one attached hydrogen (secondary N) is 1. The normalized spacial score (nSPS) is 14.3. The number of benzene rings is 2. The van der Waals surface area contributed by atoms with Crippen molar-refractivity contribution in [2.24, 2.45) is 0 Å². The Balaban J connectivity index is 1.73. The van der Waals surface area contributed by atoms with E-state index in [0.29, 0.717) is 37.3 Å². The lowest BCUT2D eigenvalue weighted by Gasteiger charge is -2.26. The van der Waals surface area contributed by atoms with Gasteiger partial charge in [0.15, 0.2) is 0 Å². The Hall–Kier alpha value is -2.90. The molecular weight excluding hydrogens is 387 g/mol. The van der Waals surface area contributed by atoms with E-state index in [1.54, 1.807) is 29.2 Å². The van der Waals surface area contributed by atoms with E-state index < -0.39 is 11.7 Å². The number of morpholine rings is 1. The Labute approximate surface area is 164 Å². The van der Waals surface area contributed by atoms with Crippen molar-refractivity contribution in [2.75, 3.05) is 31.6 Å². The van der Waals surface area contributed by atoms with Gasteiger partial charge in [-0.1, -0.05) is 23.7 Å². The molecule has 28 heavy (non-hydrogen) atoms. The monoisotopic (exact) mass is 402 g/mol. The number of anilines is 1. The second-order valence-electron chi connectivity index (χ2n) is 6.29. The van der Waals surface area contributed by atoms with E-state index in [1.807, 2.05) is 0 Å². The molecular formula is C20H16ClFN2O4. The van der Waals surface area contributed by atoms with Gasteiger partial charge in [-0.15, -0.1) is 0 Å². The topological polar surface area (TPSA) is 71.8 Å². The van der Waals surface area contributed by atoms with Crippen LogP contribution in [0.4, 0.5) is 10.1 Å². The molecule has 0 unspecified atom stereocenters. The number of ether oxygens (including phenoxy) is 1. The molecule has 6 nitrogen and oxygen atoms in total. The van der Waals surface area contributed by atoms with Crippen molar-refractivity contribution in [1.82, 2.24) is 4.90 Å². The number of carbonyl (C=O) groups is 2. The third-order valence-corrected chi connectivity index (χ3v) is 4.73. The number of para-hydroxylation sites is 1. The van der Waals surface area contributed by atoms with Crippen LogP contribution in [0.15, 0.2) is 46.9 Å². The molecule has 0 bridgehead atoms. The van der Waals surface area contributed by atoms with Crippen LogP contribution in [0.25, 0.3) is 11.0 Å². The lowest BCUT2D eigenvalue weighted by molar-refractivity contribution is 0.0285. The Morgan fingerprint density at radius 3 is 2.64 bits per heavy atom. The van der Waals surface area contributed by atoms with E-state index in [1.165, 1.54) is 12.1 Å². The summed E-state index contributed by atoms with van der Waals surface area (Å²) in [4.78, 5) is 27.2. The van der Waals surface area contributed by atoms with Crippen molar-refractivity contribution in [3.8, 4) is 0 Å². The number of rotatable bonds is 3. The summed E-state index contributed by atoms with van der Waals surface area (Å²) in [7, 11) is 0. The third kappa shape index (κ3) is 3.46. The number of fused-ring (bicyclic) bond motifs is 1. The highest BCUT2D eigenvalue weighted by molar-refractivity contribution is 6.31. The molecule has 0 spiro atoms. The van der Waals surface area contributed by atoms with E-state index in [0.717, 1.165) is 6.07 Å². The summed E-state index contributed by atoms with van der Waals surface area (Å²) in [5.74, 6) is -1.79. The van der Waals surface area contributed by atoms with Gasteiger partial charge in [0.2, 0.25) is 5.76 Å². The highest BCUT2D eigenvalue weighted by Gasteiger charge is 2.28. The van der Waals surface area contributed by atoms with Crippen LogP contribution < -0.4 is 5.32 Å². The molecule has 2 heterocycles. The molecule has 4 rings (SSSR count). The summed E-state index contributed by atoms with van der Waals surface area (Å²) in [6.07, 6.45) is 0. The molecule has 0 atom stereocenters. The van der Waals surface area contributed by atoms with Crippen molar-refractivity contribution in [1.29, 1.82) is 0 Å². The first-order chi connectivity index (χ1) is 13.5. The van der Waals surface area contributed by atoms with Crippen LogP contribution in [-0.4, -0.2) is 43.0 Å². The maximum Gasteiger partial charge on any atom is 0.291 e. The van der Waals surface area contributed by atoms with E-state index in [2.05, 4.69) is 5.32 Å². The first kappa shape index (κ1) is 18.5. The first-order valence-corrected chi connectivity index (χ1v) is 9.07. The van der Waals surface area contributed by atoms with Gasteiger partial charge in [0.1, 0.15) is 17.1 Å². The predicted molar refractivity (Wildman–Crippen MR) is 102 cm³/mol. The summed E-state index contributed by atoms with van der Waals surface area (Å²) in [6.45, 7) is 1.71. The highest BCUT2D eigenvalue weighted by atomic mass is 35.5. The number of hydrogen-bond acceptors (Lipinski definition) is 4. The van der Waals surface area contributed by atoms with Gasteiger partial charge in [-0.3, -0.25) is 9.59 Å². The van der Waals surface area contributed by atoms with E-state index in [9.17, 15) is 14.0 Å². The smallest absolute Gasteiger partial charge is 0.291 e. The summed E-state index contributed by atoms with van der Waals surface area (Å²) in [5.41, 5.74) is 0.431. The summed E-state index contributed by atoms with van der Waals surface area (Å²) >= 11 is 5.88. The van der Waals surface area contributed by atoms with Crippen molar-refractivity contribution >= 4 is 40.1 Å². The third-order valence-electron chi connectivity index (χ3n) is 4.50. The van der Waals surface area contributed by atoms with Crippen LogP contribution in [0.5, 0.6) is 0 Å². The number of furan rings is 1. The molecule has 8 heteroatoms. The average molecular weight is 403 g/mol. The Kier molecular flexibility index (Phi) is 5.02. The minimum atomic E-state index is -0.720. The zero-order chi connectivity index (χ0) is 19.7. The van der Waals surface area contributed by atoms with Crippen LogP contribution >= 0.6 is 11.6 Å². The number of amides is 2. The molecule has 1 aliphatic rings. The standard InChI is InChI=1S/C20H16ClFN2O4/c21-12-5-6-15(22)14(11-12)19(25)23-17-13-3-1-2-4-16(13)28-18(17)20(26)24-7-9-27-10-8-24/h1-6,11H,7-10H2,(H,23,25). The average Bonchev–Trinajstić information content (AvgIpc) is 3.08. The summed E-state index contributed by atoms with van der Waals surface area (Å²) < 4.78 is 25.1. The van der Waals surface area contributed by atoms with Gasteiger partial charge in [-0.2, -0.15) is 0 Å². The summed E-state index contributed by atoms with van der Waals surface area (Å²) in [5, 5.41) is 3.41. The number of hydrogen-bond donors (Lipinski definition) is 1. The van der Waals surface area contributed by atoms with E-state index >= 15 is 0 Å². The molecule has 0 aliphatic carbocycles. The van der Waals surface area contributed by atoms with Gasteiger partial charge in [0.05, 0.1) is 18.8 Å². The molecule has 1 aliphatic heterocycles. The van der Waals surface area contributed by atoms with Gasteiger partial charge in [-0.25, -0.2) is 4.39 Å². The van der Waals surface area contributed by atoms with Crippen LogP contribution in [0, 0.1) is 5.82 Å². The molecule has 2 aromatic carbocycles. The van der Waals surface area contributed by atoms with E-state index in [-0.39, 0.29) is 27.9 Å². The molecule has 0 saturated carbocycles. The Bertz CT molecular complexity index is 1060. The number of nitrogens with zero attached hydrogens (tertiary/aromatic N) is 1. The van der Waals surface area contributed by atoms with E-state index in [4.69, 9.17) is 20.8 Å². The quantitative estimate of drug-likeness (QED) is 0.720. The minimum Gasteiger partial charge on any atom is -0.449 e. The van der Waals surface area contributed by atoms with Crippen molar-refractivity contribution in [2.45, 2.75) is 0 Å². The van der Waals surface area contributed by atoms with Crippen LogP contribution in [0.2, 0.25) is 5.02 Å². The second kappa shape index (κ2) is 7.61. The predicted octanol–water partition coefficient (Wildman–Crippen LogP) is 3.95. The molecule has 2 amide bonds. The SMILES string of the molecule is O=C(Nc1c(C(=O)N2CCOCC2)oc2ccccc12)c1cc(Cl)ccc1F. The lowest BCUT2D eigenvalue weighted by atomic mass is 10.1. The van der Waals surface area contributed by atoms with Crippen molar-refractivity contribution in [3.05, 3.63) is 64.6 Å². The maximum absolute atomic E-state index is 14.1. The van der Waals surface area contributed by atoms with Gasteiger partial charge in [0, 0.05) is 23.5 Å². The molecule has 1 fully saturated rings. The van der Waals surface area contributed by atoms with Crippen molar-refractivity contribution in [3.63, 3.8) is 0 Å². The largest absolute Gasteiger partial charge is 0.449 e. The molecule has 3 aromatic rings. The molecule has 144 valence electrons. The first-order valence-electron chi connectivity index (χ1n) is 8.69.